The van der Waals surface area contributed by atoms with Gasteiger partial charge in [-0.1, -0.05) is 17.7 Å². The number of benzene rings is 1. The van der Waals surface area contributed by atoms with E-state index in [1.165, 1.54) is 22.0 Å². The molecule has 1 aliphatic heterocycles. The number of thiophene rings is 1. The first-order chi connectivity index (χ1) is 15.9. The van der Waals surface area contributed by atoms with Crippen molar-refractivity contribution in [3.05, 3.63) is 80.4 Å². The minimum Gasteiger partial charge on any atom is -0.347 e. The monoisotopic (exact) mass is 481 g/mol. The van der Waals surface area contributed by atoms with Crippen molar-refractivity contribution < 1.29 is 9.59 Å². The second-order valence-corrected chi connectivity index (χ2v) is 9.27. The Bertz CT molecular complexity index is 1260. The molecule has 10 heteroatoms. The van der Waals surface area contributed by atoms with Crippen LogP contribution in [0.5, 0.6) is 0 Å². The van der Waals surface area contributed by atoms with E-state index in [0.29, 0.717) is 33.6 Å². The molecule has 1 aromatic carbocycles. The molecule has 2 aromatic heterocycles. The molecule has 0 aliphatic carbocycles. The summed E-state index contributed by atoms with van der Waals surface area (Å²) >= 11 is 7.09. The van der Waals surface area contributed by atoms with Gasteiger partial charge in [0.1, 0.15) is 0 Å². The molecule has 2 atom stereocenters. The van der Waals surface area contributed by atoms with Gasteiger partial charge in [0.2, 0.25) is 5.91 Å². The number of likely N-dealkylation sites (tertiary alicyclic amines) is 1. The number of anilines is 1. The number of nitrogens with one attached hydrogen (secondary N) is 2. The van der Waals surface area contributed by atoms with Gasteiger partial charge in [0.05, 0.1) is 27.9 Å². The highest BCUT2D eigenvalue weighted by Crippen LogP contribution is 2.24. The van der Waals surface area contributed by atoms with Crippen LogP contribution in [0.4, 0.5) is 5.69 Å². The van der Waals surface area contributed by atoms with Crippen molar-refractivity contribution in [1.82, 2.24) is 14.8 Å². The molecule has 0 saturated carbocycles. The summed E-state index contributed by atoms with van der Waals surface area (Å²) in [4.78, 5) is 39.6. The van der Waals surface area contributed by atoms with Gasteiger partial charge >= 0.3 is 0 Å². The molecule has 0 radical (unpaired) electrons. The molecule has 8 nitrogen and oxygen atoms in total. The molecule has 0 spiro atoms. The molecule has 3 heterocycles. The quantitative estimate of drug-likeness (QED) is 0.526. The van der Waals surface area contributed by atoms with Gasteiger partial charge in [0.15, 0.2) is 0 Å². The molecule has 168 valence electrons. The zero-order chi connectivity index (χ0) is 23.4. The molecule has 1 saturated heterocycles. The van der Waals surface area contributed by atoms with Crippen molar-refractivity contribution in [2.45, 2.75) is 18.5 Å². The lowest BCUT2D eigenvalue weighted by atomic mass is 10.1. The van der Waals surface area contributed by atoms with E-state index >= 15 is 0 Å². The molecular formula is C23H20ClN5O3S. The van der Waals surface area contributed by atoms with Gasteiger partial charge in [-0.05, 0) is 48.9 Å². The number of pyridine rings is 1. The van der Waals surface area contributed by atoms with Gasteiger partial charge < -0.3 is 10.6 Å². The van der Waals surface area contributed by atoms with E-state index in [2.05, 4.69) is 16.7 Å². The Morgan fingerprint density at radius 2 is 1.94 bits per heavy atom. The molecule has 33 heavy (non-hydrogen) atoms. The fourth-order valence-electron chi connectivity index (χ4n) is 3.81. The van der Waals surface area contributed by atoms with Crippen LogP contribution in [0.1, 0.15) is 16.1 Å². The third-order valence-electron chi connectivity index (χ3n) is 5.35. The highest BCUT2D eigenvalue weighted by atomic mass is 35.5. The molecule has 3 aromatic rings. The number of hydrogen-bond acceptors (Lipinski definition) is 6. The highest BCUT2D eigenvalue weighted by molar-refractivity contribution is 7.18. The minimum absolute atomic E-state index is 0.0746. The number of aromatic nitrogens is 1. The van der Waals surface area contributed by atoms with Crippen LogP contribution in [0.2, 0.25) is 4.34 Å². The largest absolute Gasteiger partial charge is 0.347 e. The summed E-state index contributed by atoms with van der Waals surface area (Å²) in [5.41, 5.74) is 1.11. The predicted molar refractivity (Wildman–Crippen MR) is 127 cm³/mol. The van der Waals surface area contributed by atoms with Gasteiger partial charge in [-0.3, -0.25) is 23.9 Å². The maximum absolute atomic E-state index is 13.0. The van der Waals surface area contributed by atoms with Crippen LogP contribution in [0, 0.1) is 11.3 Å². The number of halogens is 1. The van der Waals surface area contributed by atoms with E-state index in [4.69, 9.17) is 11.6 Å². The number of nitrogens with zero attached hydrogens (tertiary/aromatic N) is 3. The maximum atomic E-state index is 13.0. The Hall–Kier alpha value is -3.45. The first-order valence-electron chi connectivity index (χ1n) is 10.2. The molecule has 2 N–H and O–H groups in total. The summed E-state index contributed by atoms with van der Waals surface area (Å²) in [6, 6.07) is 16.4. The van der Waals surface area contributed by atoms with E-state index in [-0.39, 0.29) is 30.0 Å². The number of nitriles is 1. The first kappa shape index (κ1) is 22.7. The van der Waals surface area contributed by atoms with E-state index in [0.717, 1.165) is 0 Å². The van der Waals surface area contributed by atoms with Crippen LogP contribution < -0.4 is 16.2 Å². The van der Waals surface area contributed by atoms with Gasteiger partial charge in [-0.15, -0.1) is 11.3 Å². The molecule has 2 amide bonds. The number of carbonyl (C=O) groups is 2. The number of hydrogen-bond donors (Lipinski definition) is 2. The lowest BCUT2D eigenvalue weighted by Crippen LogP contribution is -2.40. The topological polar surface area (TPSA) is 107 Å². The van der Waals surface area contributed by atoms with Crippen LogP contribution in [0.25, 0.3) is 5.69 Å². The summed E-state index contributed by atoms with van der Waals surface area (Å²) in [6.07, 6.45) is 2.06. The fraction of sp³-hybridized carbons (Fsp3) is 0.217. The lowest BCUT2D eigenvalue weighted by molar-refractivity contribution is -0.120. The van der Waals surface area contributed by atoms with Crippen molar-refractivity contribution in [3.63, 3.8) is 0 Å². The number of rotatable bonds is 6. The van der Waals surface area contributed by atoms with Crippen LogP contribution in [0.3, 0.4) is 0 Å². The van der Waals surface area contributed by atoms with E-state index in [9.17, 15) is 19.6 Å². The van der Waals surface area contributed by atoms with Gasteiger partial charge in [0, 0.05) is 36.2 Å². The highest BCUT2D eigenvalue weighted by Gasteiger charge is 2.37. The Balaban J connectivity index is 1.42. The van der Waals surface area contributed by atoms with Crippen LogP contribution in [0.15, 0.2) is 65.6 Å². The smallest absolute Gasteiger partial charge is 0.261 e. The zero-order valence-electron chi connectivity index (χ0n) is 17.4. The van der Waals surface area contributed by atoms with Crippen molar-refractivity contribution in [2.24, 2.45) is 0 Å². The van der Waals surface area contributed by atoms with Crippen molar-refractivity contribution >= 4 is 40.4 Å². The molecular weight excluding hydrogens is 462 g/mol. The normalized spacial score (nSPS) is 17.9. The van der Waals surface area contributed by atoms with E-state index in [1.54, 1.807) is 59.6 Å². The van der Waals surface area contributed by atoms with Gasteiger partial charge in [-0.2, -0.15) is 5.26 Å². The van der Waals surface area contributed by atoms with Crippen LogP contribution in [-0.2, 0) is 4.79 Å². The van der Waals surface area contributed by atoms with E-state index < -0.39 is 6.04 Å². The Kier molecular flexibility index (Phi) is 6.89. The molecule has 0 bridgehead atoms. The summed E-state index contributed by atoms with van der Waals surface area (Å²) in [7, 11) is 0. The predicted octanol–water partition coefficient (Wildman–Crippen LogP) is 2.89. The maximum Gasteiger partial charge on any atom is 0.261 e. The zero-order valence-corrected chi connectivity index (χ0v) is 19.0. The van der Waals surface area contributed by atoms with E-state index in [1.807, 2.05) is 0 Å². The average molecular weight is 482 g/mol. The summed E-state index contributed by atoms with van der Waals surface area (Å²) < 4.78 is 2.03. The standard InChI is InChI=1S/C23H20ClN5O3S/c24-20-9-8-19(33-20)23(32)27-16-13-18(28(14-16)12-10-25)22(31)26-15-4-6-17(7-5-15)29-11-2-1-3-21(29)30/h1-9,11,16,18H,12-14H2,(H,26,31)(H,27,32)/t16?,18-/m0/s1. The molecule has 1 fully saturated rings. The van der Waals surface area contributed by atoms with Crippen molar-refractivity contribution in [3.8, 4) is 11.8 Å². The van der Waals surface area contributed by atoms with Gasteiger partial charge in [0.25, 0.3) is 11.5 Å². The second kappa shape index (κ2) is 10.0. The van der Waals surface area contributed by atoms with Crippen molar-refractivity contribution in [1.29, 1.82) is 5.26 Å². The lowest BCUT2D eigenvalue weighted by Gasteiger charge is -2.20. The molecule has 1 unspecified atom stereocenters. The van der Waals surface area contributed by atoms with Crippen LogP contribution in [-0.4, -0.2) is 46.5 Å². The summed E-state index contributed by atoms with van der Waals surface area (Å²) in [5.74, 6) is -0.507. The first-order valence-corrected chi connectivity index (χ1v) is 11.4. The SMILES string of the molecule is N#CCN1CC(NC(=O)c2ccc(Cl)s2)C[C@H]1C(=O)Nc1ccc(-n2ccccc2=O)cc1. The summed E-state index contributed by atoms with van der Waals surface area (Å²) in [5, 5.41) is 15.0. The third-order valence-corrected chi connectivity index (χ3v) is 6.58. The Morgan fingerprint density at radius 3 is 2.61 bits per heavy atom. The Labute approximate surface area is 199 Å². The number of amides is 2. The fourth-order valence-corrected chi connectivity index (χ4v) is 4.76. The number of carbonyl (C=O) groups excluding carboxylic acids is 2. The minimum atomic E-state index is -0.557. The van der Waals surface area contributed by atoms with Gasteiger partial charge in [-0.25, -0.2) is 0 Å². The second-order valence-electron chi connectivity index (χ2n) is 7.56. The van der Waals surface area contributed by atoms with Crippen LogP contribution >= 0.6 is 22.9 Å². The van der Waals surface area contributed by atoms with Crippen molar-refractivity contribution in [2.75, 3.05) is 18.4 Å². The molecule has 4 rings (SSSR count). The summed E-state index contributed by atoms with van der Waals surface area (Å²) in [6.45, 7) is 0.470. The molecule has 1 aliphatic rings. The third kappa shape index (κ3) is 5.31. The Morgan fingerprint density at radius 1 is 1.15 bits per heavy atom. The average Bonchev–Trinajstić information content (AvgIpc) is 3.41.